The van der Waals surface area contributed by atoms with Gasteiger partial charge in [0, 0.05) is 12.0 Å². The molecule has 0 amide bonds. The maximum absolute atomic E-state index is 14.0. The van der Waals surface area contributed by atoms with E-state index >= 15 is 0 Å². The molecule has 1 fully saturated rings. The number of benzene rings is 1. The van der Waals surface area contributed by atoms with Crippen molar-refractivity contribution >= 4 is 16.3 Å². The first kappa shape index (κ1) is 19.3. The second-order valence-electron chi connectivity index (χ2n) is 7.24. The number of thiazole rings is 1. The average molecular weight is 408 g/mol. The SMILES string of the molecule is CCc1nc2sc([C@H](c3cccc(F)c3)[NH+]3CC[NH+](CCO)CC3)c(O)n2n1. The molecule has 28 heavy (non-hydrogen) atoms. The lowest BCUT2D eigenvalue weighted by Gasteiger charge is -2.34. The molecule has 0 radical (unpaired) electrons. The number of halogens is 1. The van der Waals surface area contributed by atoms with Crippen LogP contribution in [0.25, 0.3) is 4.96 Å². The third-order valence-corrected chi connectivity index (χ3v) is 6.56. The van der Waals surface area contributed by atoms with Crippen LogP contribution in [0.15, 0.2) is 24.3 Å². The molecule has 0 unspecified atom stereocenters. The summed E-state index contributed by atoms with van der Waals surface area (Å²) in [6.07, 6.45) is 0.706. The first-order chi connectivity index (χ1) is 13.6. The second-order valence-corrected chi connectivity index (χ2v) is 8.24. The Balaban J connectivity index is 1.71. The molecule has 1 aliphatic heterocycles. The minimum atomic E-state index is -0.279. The highest BCUT2D eigenvalue weighted by molar-refractivity contribution is 7.17. The van der Waals surface area contributed by atoms with Crippen LogP contribution in [0.1, 0.15) is 29.2 Å². The zero-order valence-corrected chi connectivity index (χ0v) is 16.7. The van der Waals surface area contributed by atoms with E-state index in [9.17, 15) is 14.6 Å². The Morgan fingerprint density at radius 2 is 2.07 bits per heavy atom. The molecule has 0 saturated carbocycles. The van der Waals surface area contributed by atoms with Gasteiger partial charge in [-0.2, -0.15) is 4.52 Å². The minimum absolute atomic E-state index is 0.0964. The van der Waals surface area contributed by atoms with Gasteiger partial charge in [0.1, 0.15) is 43.4 Å². The quantitative estimate of drug-likeness (QED) is 0.426. The van der Waals surface area contributed by atoms with Gasteiger partial charge in [0.25, 0.3) is 0 Å². The Kier molecular flexibility index (Phi) is 5.58. The summed E-state index contributed by atoms with van der Waals surface area (Å²) in [4.78, 5) is 8.57. The summed E-state index contributed by atoms with van der Waals surface area (Å²) in [6, 6.07) is 6.45. The van der Waals surface area contributed by atoms with Gasteiger partial charge in [-0.1, -0.05) is 30.4 Å². The van der Waals surface area contributed by atoms with Crippen molar-refractivity contribution < 1.29 is 24.4 Å². The molecular formula is C19H26FN5O2S+2. The van der Waals surface area contributed by atoms with Crippen LogP contribution in [0.5, 0.6) is 5.88 Å². The van der Waals surface area contributed by atoms with E-state index < -0.39 is 0 Å². The molecular weight excluding hydrogens is 381 g/mol. The fourth-order valence-electron chi connectivity index (χ4n) is 4.01. The zero-order chi connectivity index (χ0) is 19.7. The number of hydrogen-bond acceptors (Lipinski definition) is 5. The summed E-state index contributed by atoms with van der Waals surface area (Å²) in [5.41, 5.74) is 0.844. The number of nitrogens with one attached hydrogen (secondary N) is 2. The van der Waals surface area contributed by atoms with Crippen LogP contribution in [0.3, 0.4) is 0 Å². The van der Waals surface area contributed by atoms with Gasteiger partial charge in [-0.05, 0) is 12.1 Å². The van der Waals surface area contributed by atoms with Crippen LogP contribution in [0, 0.1) is 5.82 Å². The maximum atomic E-state index is 14.0. The number of aliphatic hydroxyl groups excluding tert-OH is 1. The standard InChI is InChI=1S/C19H24FN5O2S/c1-2-15-21-19-25(22-15)18(27)17(28-19)16(13-4-3-5-14(20)12-13)24-8-6-23(7-9-24)10-11-26/h3-5,12,16,26-27H,2,6-11H2,1H3/p+2/t16-/m0/s1. The van der Waals surface area contributed by atoms with Crippen molar-refractivity contribution in [2.45, 2.75) is 19.4 Å². The number of aliphatic hydroxyl groups is 1. The highest BCUT2D eigenvalue weighted by Gasteiger charge is 2.36. The third-order valence-electron chi connectivity index (χ3n) is 5.48. The molecule has 7 nitrogen and oxygen atoms in total. The van der Waals surface area contributed by atoms with Crippen LogP contribution >= 0.6 is 11.3 Å². The maximum Gasteiger partial charge on any atom is 0.235 e. The van der Waals surface area contributed by atoms with E-state index in [1.807, 2.05) is 13.0 Å². The van der Waals surface area contributed by atoms with Gasteiger partial charge in [0.15, 0.2) is 11.9 Å². The number of aryl methyl sites for hydroxylation is 1. The number of piperazine rings is 1. The van der Waals surface area contributed by atoms with Crippen molar-refractivity contribution in [1.82, 2.24) is 14.6 Å². The smallest absolute Gasteiger partial charge is 0.235 e. The van der Waals surface area contributed by atoms with Crippen LogP contribution in [0.4, 0.5) is 4.39 Å². The van der Waals surface area contributed by atoms with E-state index in [0.29, 0.717) is 17.2 Å². The summed E-state index contributed by atoms with van der Waals surface area (Å²) in [5.74, 6) is 0.515. The predicted octanol–water partition coefficient (Wildman–Crippen LogP) is -0.937. The lowest BCUT2D eigenvalue weighted by molar-refractivity contribution is -1.02. The van der Waals surface area contributed by atoms with Crippen molar-refractivity contribution in [1.29, 1.82) is 0 Å². The molecule has 4 N–H and O–H groups in total. The van der Waals surface area contributed by atoms with E-state index in [2.05, 4.69) is 10.1 Å². The molecule has 4 rings (SSSR count). The van der Waals surface area contributed by atoms with E-state index in [0.717, 1.165) is 43.2 Å². The molecule has 3 heterocycles. The first-order valence-electron chi connectivity index (χ1n) is 9.72. The fourth-order valence-corrected chi connectivity index (χ4v) is 5.17. The number of fused-ring (bicyclic) bond motifs is 1. The Labute approximate surface area is 166 Å². The van der Waals surface area contributed by atoms with Crippen LogP contribution in [0.2, 0.25) is 0 Å². The van der Waals surface area contributed by atoms with Gasteiger partial charge in [-0.25, -0.2) is 9.37 Å². The summed E-state index contributed by atoms with van der Waals surface area (Å²) < 4.78 is 15.5. The summed E-state index contributed by atoms with van der Waals surface area (Å²) in [6.45, 7) is 6.54. The molecule has 1 atom stereocenters. The highest BCUT2D eigenvalue weighted by atomic mass is 32.1. The van der Waals surface area contributed by atoms with E-state index in [1.165, 1.54) is 31.7 Å². The monoisotopic (exact) mass is 407 g/mol. The van der Waals surface area contributed by atoms with E-state index in [1.54, 1.807) is 12.1 Å². The topological polar surface area (TPSA) is 79.5 Å². The molecule has 2 aromatic heterocycles. The highest BCUT2D eigenvalue weighted by Crippen LogP contribution is 2.35. The largest absolute Gasteiger partial charge is 0.492 e. The number of nitrogens with zero attached hydrogens (tertiary/aromatic N) is 3. The van der Waals surface area contributed by atoms with Gasteiger partial charge in [0.05, 0.1) is 6.61 Å². The van der Waals surface area contributed by atoms with Gasteiger partial charge in [-0.3, -0.25) is 0 Å². The lowest BCUT2D eigenvalue weighted by Crippen LogP contribution is -3.28. The minimum Gasteiger partial charge on any atom is -0.492 e. The Morgan fingerprint density at radius 1 is 1.29 bits per heavy atom. The molecule has 0 bridgehead atoms. The van der Waals surface area contributed by atoms with E-state index in [-0.39, 0.29) is 24.3 Å². The molecule has 150 valence electrons. The van der Waals surface area contributed by atoms with Gasteiger partial charge in [0.2, 0.25) is 10.8 Å². The molecule has 1 saturated heterocycles. The Morgan fingerprint density at radius 3 is 2.71 bits per heavy atom. The molecule has 1 aromatic carbocycles. The Hall–Kier alpha value is -2.07. The van der Waals surface area contributed by atoms with Crippen molar-refractivity contribution in [2.24, 2.45) is 0 Å². The lowest BCUT2D eigenvalue weighted by atomic mass is 10.0. The number of rotatable bonds is 6. The number of aromatic hydroxyl groups is 1. The molecule has 1 aliphatic rings. The van der Waals surface area contributed by atoms with Gasteiger partial charge < -0.3 is 20.0 Å². The van der Waals surface area contributed by atoms with Crippen molar-refractivity contribution in [3.05, 3.63) is 46.3 Å². The predicted molar refractivity (Wildman–Crippen MR) is 103 cm³/mol. The average Bonchev–Trinajstić information content (AvgIpc) is 3.23. The van der Waals surface area contributed by atoms with Crippen molar-refractivity contribution in [2.75, 3.05) is 39.3 Å². The van der Waals surface area contributed by atoms with Crippen molar-refractivity contribution in [3.8, 4) is 5.88 Å². The molecule has 0 spiro atoms. The van der Waals surface area contributed by atoms with Crippen molar-refractivity contribution in [3.63, 3.8) is 0 Å². The fraction of sp³-hybridized carbons (Fsp3) is 0.474. The number of hydrogen-bond donors (Lipinski definition) is 4. The zero-order valence-electron chi connectivity index (χ0n) is 15.9. The van der Waals surface area contributed by atoms with Crippen LogP contribution < -0.4 is 9.80 Å². The third kappa shape index (κ3) is 3.62. The first-order valence-corrected chi connectivity index (χ1v) is 10.5. The van der Waals surface area contributed by atoms with Gasteiger partial charge in [-0.15, -0.1) is 5.10 Å². The van der Waals surface area contributed by atoms with Crippen LogP contribution in [-0.2, 0) is 6.42 Å². The number of quaternary nitrogens is 2. The summed E-state index contributed by atoms with van der Waals surface area (Å²) in [7, 11) is 0. The molecule has 3 aromatic rings. The molecule has 9 heteroatoms. The van der Waals surface area contributed by atoms with Gasteiger partial charge >= 0.3 is 0 Å². The summed E-state index contributed by atoms with van der Waals surface area (Å²) >= 11 is 1.42. The normalized spacial score (nSPS) is 21.2. The van der Waals surface area contributed by atoms with E-state index in [4.69, 9.17) is 0 Å². The number of aromatic nitrogens is 3. The van der Waals surface area contributed by atoms with Crippen LogP contribution in [-0.4, -0.2) is 64.1 Å². The summed E-state index contributed by atoms with van der Waals surface area (Å²) in [5, 5.41) is 24.5. The second kappa shape index (κ2) is 8.12. The molecule has 0 aliphatic carbocycles. The Bertz CT molecular complexity index is 951.